The monoisotopic (exact) mass is 377 g/mol. The molecule has 0 bridgehead atoms. The molecule has 142 valence electrons. The summed E-state index contributed by atoms with van der Waals surface area (Å²) in [5, 5.41) is 7.93. The summed E-state index contributed by atoms with van der Waals surface area (Å²) in [5.41, 5.74) is 0.921. The van der Waals surface area contributed by atoms with Crippen LogP contribution in [0.1, 0.15) is 24.0 Å². The van der Waals surface area contributed by atoms with Crippen LogP contribution >= 0.6 is 0 Å². The molecule has 2 aromatic rings. The van der Waals surface area contributed by atoms with Gasteiger partial charge >= 0.3 is 12.2 Å². The maximum Gasteiger partial charge on any atom is 0.416 e. The van der Waals surface area contributed by atoms with E-state index in [1.807, 2.05) is 0 Å². The number of hydrogen-bond acceptors (Lipinski definition) is 2. The van der Waals surface area contributed by atoms with E-state index in [9.17, 15) is 22.8 Å². The lowest BCUT2D eigenvalue weighted by atomic mass is 10.2. The van der Waals surface area contributed by atoms with Gasteiger partial charge in [-0.05, 0) is 54.8 Å². The molecule has 0 aliphatic heterocycles. The molecule has 0 atom stereocenters. The number of anilines is 2. The van der Waals surface area contributed by atoms with Crippen LogP contribution in [0.5, 0.6) is 0 Å². The predicted octanol–water partition coefficient (Wildman–Crippen LogP) is 4.38. The van der Waals surface area contributed by atoms with Gasteiger partial charge in [0, 0.05) is 23.8 Å². The Morgan fingerprint density at radius 3 is 2.30 bits per heavy atom. The van der Waals surface area contributed by atoms with Crippen molar-refractivity contribution in [3.8, 4) is 0 Å². The van der Waals surface area contributed by atoms with Crippen LogP contribution in [0.15, 0.2) is 48.5 Å². The molecule has 1 aliphatic carbocycles. The quantitative estimate of drug-likeness (QED) is 0.724. The molecular weight excluding hydrogens is 359 g/mol. The Balaban J connectivity index is 1.50. The zero-order chi connectivity index (χ0) is 19.4. The predicted molar refractivity (Wildman–Crippen MR) is 95.1 cm³/mol. The lowest BCUT2D eigenvalue weighted by molar-refractivity contribution is -0.137. The van der Waals surface area contributed by atoms with Gasteiger partial charge in [-0.15, -0.1) is 0 Å². The SMILES string of the molecule is O=C(NCc1cccc(NC(=O)C2CC2)c1)Nc1ccc(C(F)(F)F)cc1. The van der Waals surface area contributed by atoms with E-state index >= 15 is 0 Å². The third-order valence-electron chi connectivity index (χ3n) is 4.07. The van der Waals surface area contributed by atoms with E-state index < -0.39 is 17.8 Å². The largest absolute Gasteiger partial charge is 0.416 e. The molecule has 0 spiro atoms. The Kier molecular flexibility index (Phi) is 5.34. The molecule has 0 radical (unpaired) electrons. The van der Waals surface area contributed by atoms with Crippen molar-refractivity contribution in [1.82, 2.24) is 5.32 Å². The van der Waals surface area contributed by atoms with Gasteiger partial charge in [-0.1, -0.05) is 12.1 Å². The number of benzene rings is 2. The van der Waals surface area contributed by atoms with Crippen LogP contribution in [0.3, 0.4) is 0 Å². The second-order valence-electron chi connectivity index (χ2n) is 6.35. The molecule has 0 aromatic heterocycles. The number of carbonyl (C=O) groups excluding carboxylic acids is 2. The van der Waals surface area contributed by atoms with Gasteiger partial charge in [-0.2, -0.15) is 13.2 Å². The van der Waals surface area contributed by atoms with E-state index in [4.69, 9.17) is 0 Å². The van der Waals surface area contributed by atoms with Gasteiger partial charge < -0.3 is 16.0 Å². The summed E-state index contributed by atoms with van der Waals surface area (Å²) in [5.74, 6) is 0.0986. The molecule has 3 N–H and O–H groups in total. The Labute approximate surface area is 154 Å². The average molecular weight is 377 g/mol. The molecule has 3 rings (SSSR count). The van der Waals surface area contributed by atoms with Gasteiger partial charge in [0.05, 0.1) is 5.56 Å². The second kappa shape index (κ2) is 7.69. The summed E-state index contributed by atoms with van der Waals surface area (Å²) in [7, 11) is 0. The lowest BCUT2D eigenvalue weighted by Crippen LogP contribution is -2.28. The van der Waals surface area contributed by atoms with Crippen LogP contribution in [-0.4, -0.2) is 11.9 Å². The summed E-state index contributed by atoms with van der Waals surface area (Å²) in [6.07, 6.45) is -2.59. The summed E-state index contributed by atoms with van der Waals surface area (Å²) in [6, 6.07) is 10.8. The van der Waals surface area contributed by atoms with Gasteiger partial charge in [0.25, 0.3) is 0 Å². The third-order valence-corrected chi connectivity index (χ3v) is 4.07. The van der Waals surface area contributed by atoms with Crippen LogP contribution in [0.2, 0.25) is 0 Å². The molecule has 27 heavy (non-hydrogen) atoms. The number of hydrogen-bond donors (Lipinski definition) is 3. The topological polar surface area (TPSA) is 70.2 Å². The molecule has 0 heterocycles. The Hall–Kier alpha value is -3.03. The van der Waals surface area contributed by atoms with Crippen molar-refractivity contribution in [2.45, 2.75) is 25.6 Å². The van der Waals surface area contributed by atoms with E-state index in [1.165, 1.54) is 12.1 Å². The van der Waals surface area contributed by atoms with Crippen LogP contribution in [0.25, 0.3) is 0 Å². The highest BCUT2D eigenvalue weighted by Crippen LogP contribution is 2.30. The van der Waals surface area contributed by atoms with Crippen LogP contribution < -0.4 is 16.0 Å². The Morgan fingerprint density at radius 1 is 0.963 bits per heavy atom. The highest BCUT2D eigenvalue weighted by molar-refractivity contribution is 5.94. The Morgan fingerprint density at radius 2 is 1.67 bits per heavy atom. The van der Waals surface area contributed by atoms with E-state index in [0.717, 1.165) is 30.5 Å². The van der Waals surface area contributed by atoms with E-state index in [2.05, 4.69) is 16.0 Å². The van der Waals surface area contributed by atoms with E-state index in [0.29, 0.717) is 5.69 Å². The molecule has 5 nitrogen and oxygen atoms in total. The highest BCUT2D eigenvalue weighted by Gasteiger charge is 2.30. The van der Waals surface area contributed by atoms with Gasteiger partial charge in [0.1, 0.15) is 0 Å². The first kappa shape index (κ1) is 18.8. The van der Waals surface area contributed by atoms with Crippen molar-refractivity contribution in [1.29, 1.82) is 0 Å². The first-order valence-electron chi connectivity index (χ1n) is 8.43. The minimum atomic E-state index is -4.42. The lowest BCUT2D eigenvalue weighted by Gasteiger charge is -2.11. The third kappa shape index (κ3) is 5.47. The number of alkyl halides is 3. The van der Waals surface area contributed by atoms with Crippen LogP contribution in [0.4, 0.5) is 29.3 Å². The number of nitrogens with one attached hydrogen (secondary N) is 3. The maximum absolute atomic E-state index is 12.5. The smallest absolute Gasteiger partial charge is 0.334 e. The van der Waals surface area contributed by atoms with E-state index in [1.54, 1.807) is 24.3 Å². The van der Waals surface area contributed by atoms with Crippen molar-refractivity contribution < 1.29 is 22.8 Å². The molecule has 3 amide bonds. The van der Waals surface area contributed by atoms with Crippen molar-refractivity contribution in [3.63, 3.8) is 0 Å². The summed E-state index contributed by atoms with van der Waals surface area (Å²) >= 11 is 0. The van der Waals surface area contributed by atoms with Crippen molar-refractivity contribution in [2.24, 2.45) is 5.92 Å². The minimum absolute atomic E-state index is 0.000144. The van der Waals surface area contributed by atoms with Gasteiger partial charge in [-0.3, -0.25) is 4.79 Å². The molecule has 0 saturated heterocycles. The Bertz CT molecular complexity index is 831. The fraction of sp³-hybridized carbons (Fsp3) is 0.263. The number of amides is 3. The first-order valence-corrected chi connectivity index (χ1v) is 8.43. The zero-order valence-corrected chi connectivity index (χ0v) is 14.3. The van der Waals surface area contributed by atoms with Crippen molar-refractivity contribution in [2.75, 3.05) is 10.6 Å². The second-order valence-corrected chi connectivity index (χ2v) is 6.35. The maximum atomic E-state index is 12.5. The zero-order valence-electron chi connectivity index (χ0n) is 14.3. The van der Waals surface area contributed by atoms with Gasteiger partial charge in [0.15, 0.2) is 0 Å². The van der Waals surface area contributed by atoms with Crippen LogP contribution in [0, 0.1) is 5.92 Å². The molecule has 1 saturated carbocycles. The fourth-order valence-corrected chi connectivity index (χ4v) is 2.45. The number of carbonyl (C=O) groups is 2. The molecule has 8 heteroatoms. The summed E-state index contributed by atoms with van der Waals surface area (Å²) < 4.78 is 37.6. The number of rotatable bonds is 5. The number of urea groups is 1. The molecule has 2 aromatic carbocycles. The molecule has 0 unspecified atom stereocenters. The fourth-order valence-electron chi connectivity index (χ4n) is 2.45. The van der Waals surface area contributed by atoms with Gasteiger partial charge in [-0.25, -0.2) is 4.79 Å². The highest BCUT2D eigenvalue weighted by atomic mass is 19.4. The number of halogens is 3. The normalized spacial score (nSPS) is 13.7. The molecular formula is C19H18F3N3O2. The van der Waals surface area contributed by atoms with E-state index in [-0.39, 0.29) is 24.1 Å². The van der Waals surface area contributed by atoms with Crippen molar-refractivity contribution >= 4 is 23.3 Å². The molecule has 1 fully saturated rings. The first-order chi connectivity index (χ1) is 12.8. The van der Waals surface area contributed by atoms with Gasteiger partial charge in [0.2, 0.25) is 5.91 Å². The standard InChI is InChI=1S/C19H18F3N3O2/c20-19(21,22)14-6-8-15(9-7-14)25-18(27)23-11-12-2-1-3-16(10-12)24-17(26)13-4-5-13/h1-3,6-10,13H,4-5,11H2,(H,24,26)(H2,23,25,27). The van der Waals surface area contributed by atoms with Crippen molar-refractivity contribution in [3.05, 3.63) is 59.7 Å². The average Bonchev–Trinajstić information content (AvgIpc) is 3.45. The van der Waals surface area contributed by atoms with Crippen LogP contribution in [-0.2, 0) is 17.5 Å². The summed E-state index contributed by atoms with van der Waals surface area (Å²) in [4.78, 5) is 23.7. The molecule has 1 aliphatic rings. The minimum Gasteiger partial charge on any atom is -0.334 e. The summed E-state index contributed by atoms with van der Waals surface area (Å²) in [6.45, 7) is 0.208.